The van der Waals surface area contributed by atoms with Crippen molar-refractivity contribution in [3.8, 4) is 5.75 Å². The van der Waals surface area contributed by atoms with Gasteiger partial charge in [0.05, 0.1) is 12.7 Å². The number of ether oxygens (including phenoxy) is 1. The molecule has 1 spiro atoms. The average Bonchev–Trinajstić information content (AvgIpc) is 3.26. The number of fused-ring (bicyclic) bond motifs is 1. The first-order valence-electron chi connectivity index (χ1n) is 11.3. The number of aromatic amines is 1. The Morgan fingerprint density at radius 1 is 1.24 bits per heavy atom. The van der Waals surface area contributed by atoms with Crippen LogP contribution in [0.4, 0.5) is 8.78 Å². The van der Waals surface area contributed by atoms with Gasteiger partial charge in [-0.05, 0) is 67.1 Å². The molecule has 0 radical (unpaired) electrons. The molecular formula is C26H29ClF2N2O3. The van der Waals surface area contributed by atoms with Crippen LogP contribution in [-0.2, 0) is 6.54 Å². The van der Waals surface area contributed by atoms with E-state index in [1.165, 1.54) is 0 Å². The highest BCUT2D eigenvalue weighted by atomic mass is 35.5. The second kappa shape index (κ2) is 8.86. The van der Waals surface area contributed by atoms with E-state index in [4.69, 9.17) is 4.74 Å². The van der Waals surface area contributed by atoms with Gasteiger partial charge < -0.3 is 14.8 Å². The Labute approximate surface area is 203 Å². The predicted octanol–water partition coefficient (Wildman–Crippen LogP) is 6.36. The van der Waals surface area contributed by atoms with Gasteiger partial charge in [-0.1, -0.05) is 12.1 Å². The number of benzene rings is 2. The van der Waals surface area contributed by atoms with Crippen molar-refractivity contribution in [2.75, 3.05) is 13.7 Å². The molecule has 0 unspecified atom stereocenters. The molecule has 3 aromatic rings. The second-order valence-corrected chi connectivity index (χ2v) is 9.72. The molecule has 2 N–H and O–H groups in total. The number of piperidine rings is 1. The highest BCUT2D eigenvalue weighted by molar-refractivity contribution is 5.88. The van der Waals surface area contributed by atoms with E-state index in [1.807, 2.05) is 31.3 Å². The summed E-state index contributed by atoms with van der Waals surface area (Å²) in [6, 6.07) is 10.9. The van der Waals surface area contributed by atoms with Crippen molar-refractivity contribution in [1.29, 1.82) is 0 Å². The number of methoxy groups -OCH3 is 1. The number of hydrogen-bond acceptors (Lipinski definition) is 3. The summed E-state index contributed by atoms with van der Waals surface area (Å²) in [5.41, 5.74) is 4.08. The zero-order chi connectivity index (χ0) is 23.4. The largest absolute Gasteiger partial charge is 0.496 e. The van der Waals surface area contributed by atoms with E-state index in [9.17, 15) is 18.7 Å². The van der Waals surface area contributed by atoms with Crippen LogP contribution in [0.15, 0.2) is 42.6 Å². The average molecular weight is 491 g/mol. The summed E-state index contributed by atoms with van der Waals surface area (Å²) in [7, 11) is 1.67. The lowest BCUT2D eigenvalue weighted by atomic mass is 9.59. The zero-order valence-electron chi connectivity index (χ0n) is 19.2. The first-order valence-corrected chi connectivity index (χ1v) is 11.3. The van der Waals surface area contributed by atoms with Crippen molar-refractivity contribution in [2.24, 2.45) is 5.41 Å². The van der Waals surface area contributed by atoms with Crippen LogP contribution in [0.5, 0.6) is 5.75 Å². The lowest BCUT2D eigenvalue weighted by Crippen LogP contribution is -2.53. The first kappa shape index (κ1) is 24.5. The van der Waals surface area contributed by atoms with Gasteiger partial charge in [-0.15, -0.1) is 12.4 Å². The van der Waals surface area contributed by atoms with Crippen LogP contribution in [0.25, 0.3) is 10.9 Å². The lowest BCUT2D eigenvalue weighted by Gasteiger charge is -2.54. The Morgan fingerprint density at radius 2 is 1.94 bits per heavy atom. The fourth-order valence-corrected chi connectivity index (χ4v) is 5.89. The first-order chi connectivity index (χ1) is 15.7. The molecule has 0 amide bonds. The van der Waals surface area contributed by atoms with Crippen molar-refractivity contribution in [1.82, 2.24) is 9.88 Å². The summed E-state index contributed by atoms with van der Waals surface area (Å²) in [6.07, 6.45) is 3.17. The lowest BCUT2D eigenvalue weighted by molar-refractivity contribution is -0.186. The molecule has 2 heterocycles. The summed E-state index contributed by atoms with van der Waals surface area (Å²) < 4.78 is 33.4. The summed E-state index contributed by atoms with van der Waals surface area (Å²) in [4.78, 5) is 16.9. The Hall–Kier alpha value is -2.64. The van der Waals surface area contributed by atoms with Gasteiger partial charge in [0.25, 0.3) is 0 Å². The fraction of sp³-hybridized carbons (Fsp3) is 0.423. The summed E-state index contributed by atoms with van der Waals surface area (Å²) in [6.45, 7) is 3.36. The Bertz CT molecular complexity index is 1200. The molecule has 1 saturated carbocycles. The molecule has 2 fully saturated rings. The molecule has 1 aliphatic carbocycles. The molecule has 0 bridgehead atoms. The molecule has 1 aromatic heterocycles. The van der Waals surface area contributed by atoms with E-state index in [2.05, 4.69) is 16.0 Å². The Morgan fingerprint density at radius 3 is 2.56 bits per heavy atom. The molecule has 2 aliphatic rings. The fourth-order valence-electron chi connectivity index (χ4n) is 5.89. The summed E-state index contributed by atoms with van der Waals surface area (Å²) in [5.74, 6) is -2.73. The maximum absolute atomic E-state index is 13.9. The summed E-state index contributed by atoms with van der Waals surface area (Å²) >= 11 is 0. The molecule has 5 rings (SSSR count). The van der Waals surface area contributed by atoms with Crippen molar-refractivity contribution in [3.63, 3.8) is 0 Å². The third kappa shape index (κ3) is 4.27. The number of carbonyl (C=O) groups is 1. The number of nitrogens with one attached hydrogen (secondary N) is 1. The van der Waals surface area contributed by atoms with E-state index >= 15 is 0 Å². The highest BCUT2D eigenvalue weighted by Crippen LogP contribution is 2.60. The molecule has 1 atom stereocenters. The number of halogens is 3. The number of aromatic nitrogens is 1. The van der Waals surface area contributed by atoms with Crippen molar-refractivity contribution < 1.29 is 23.4 Å². The number of carboxylic acid groups (broad SMARTS) is 1. The quantitative estimate of drug-likeness (QED) is 0.437. The van der Waals surface area contributed by atoms with Gasteiger partial charge in [-0.25, -0.2) is 13.6 Å². The number of alkyl halides is 2. The Kier molecular flexibility index (Phi) is 6.38. The molecular weight excluding hydrogens is 462 g/mol. The number of nitrogens with zero attached hydrogens (tertiary/aromatic N) is 1. The minimum absolute atomic E-state index is 0. The van der Waals surface area contributed by atoms with Crippen LogP contribution in [0.1, 0.15) is 58.8 Å². The van der Waals surface area contributed by atoms with Gasteiger partial charge in [0.15, 0.2) is 0 Å². The van der Waals surface area contributed by atoms with Crippen LogP contribution >= 0.6 is 12.4 Å². The van der Waals surface area contributed by atoms with E-state index in [0.717, 1.165) is 39.8 Å². The van der Waals surface area contributed by atoms with Crippen LogP contribution in [-0.4, -0.2) is 40.5 Å². The number of carboxylic acids is 1. The molecule has 1 aliphatic heterocycles. The molecule has 5 nitrogen and oxygen atoms in total. The topological polar surface area (TPSA) is 65.6 Å². The van der Waals surface area contributed by atoms with Gasteiger partial charge in [-0.3, -0.25) is 4.90 Å². The predicted molar refractivity (Wildman–Crippen MR) is 129 cm³/mol. The van der Waals surface area contributed by atoms with Gasteiger partial charge in [-0.2, -0.15) is 0 Å². The standard InChI is InChI=1S/C26H28F2N2O3.ClH/c1-16-11-22(33-2)20(19-7-9-29-23(16)19)13-30-10-8-25(14-26(27,28)15-25)12-21(30)17-3-5-18(6-4-17)24(31)32;/h3-7,9,11,21,29H,8,10,12-15H2,1-2H3,(H,31,32);1H/t21-;/m0./s1. The van der Waals surface area contributed by atoms with E-state index < -0.39 is 11.9 Å². The van der Waals surface area contributed by atoms with Crippen LogP contribution in [0.2, 0.25) is 0 Å². The number of aryl methyl sites for hydroxylation is 1. The van der Waals surface area contributed by atoms with Crippen LogP contribution < -0.4 is 4.74 Å². The second-order valence-electron chi connectivity index (χ2n) is 9.72. The maximum Gasteiger partial charge on any atom is 0.335 e. The van der Waals surface area contributed by atoms with Gasteiger partial charge in [0.2, 0.25) is 5.92 Å². The van der Waals surface area contributed by atoms with Crippen molar-refractivity contribution in [3.05, 3.63) is 64.8 Å². The Balaban J connectivity index is 0.00000274. The number of likely N-dealkylation sites (tertiary alicyclic amines) is 1. The molecule has 8 heteroatoms. The monoisotopic (exact) mass is 490 g/mol. The van der Waals surface area contributed by atoms with Gasteiger partial charge >= 0.3 is 5.97 Å². The van der Waals surface area contributed by atoms with Gasteiger partial charge in [0.1, 0.15) is 5.75 Å². The molecule has 1 saturated heterocycles. The minimum Gasteiger partial charge on any atom is -0.496 e. The van der Waals surface area contributed by atoms with Crippen LogP contribution in [0, 0.1) is 12.3 Å². The number of rotatable bonds is 5. The van der Waals surface area contributed by atoms with Crippen LogP contribution in [0.3, 0.4) is 0 Å². The number of hydrogen-bond donors (Lipinski definition) is 2. The molecule has 34 heavy (non-hydrogen) atoms. The normalized spacial score (nSPS) is 21.1. The molecule has 182 valence electrons. The smallest absolute Gasteiger partial charge is 0.335 e. The SMILES string of the molecule is COc1cc(C)c2[nH]ccc2c1CN1CCC2(C[C@H]1c1ccc(C(=O)O)cc1)CC(F)(F)C2.Cl. The van der Waals surface area contributed by atoms with E-state index in [0.29, 0.717) is 19.5 Å². The van der Waals surface area contributed by atoms with Gasteiger partial charge in [0, 0.05) is 48.1 Å². The van der Waals surface area contributed by atoms with Crippen molar-refractivity contribution in [2.45, 2.75) is 51.1 Å². The molecule has 2 aromatic carbocycles. The van der Waals surface area contributed by atoms with E-state index in [1.54, 1.807) is 19.2 Å². The number of aromatic carboxylic acids is 1. The third-order valence-electron chi connectivity index (χ3n) is 7.50. The summed E-state index contributed by atoms with van der Waals surface area (Å²) in [5, 5.41) is 10.4. The maximum atomic E-state index is 13.9. The highest BCUT2D eigenvalue weighted by Gasteiger charge is 2.58. The minimum atomic E-state index is -2.57. The van der Waals surface area contributed by atoms with Crippen molar-refractivity contribution >= 4 is 29.3 Å². The zero-order valence-corrected chi connectivity index (χ0v) is 20.1. The third-order valence-corrected chi connectivity index (χ3v) is 7.50. The number of H-pyrrole nitrogens is 1. The van der Waals surface area contributed by atoms with E-state index in [-0.39, 0.29) is 42.3 Å².